The molecule has 0 spiro atoms. The molecule has 4 aliphatic rings. The van der Waals surface area contributed by atoms with Crippen LogP contribution in [0.25, 0.3) is 0 Å². The summed E-state index contributed by atoms with van der Waals surface area (Å²) in [4.78, 5) is 0. The van der Waals surface area contributed by atoms with Gasteiger partial charge in [0.25, 0.3) is 0 Å². The molecule has 4 saturated heterocycles. The van der Waals surface area contributed by atoms with E-state index in [1.165, 1.54) is 7.11 Å². The van der Waals surface area contributed by atoms with Gasteiger partial charge in [-0.3, -0.25) is 0 Å². The van der Waals surface area contributed by atoms with E-state index in [0.717, 1.165) is 0 Å². The number of hydrogen-bond donors (Lipinski definition) is 12. The summed E-state index contributed by atoms with van der Waals surface area (Å²) < 4.78 is 43.9. The van der Waals surface area contributed by atoms with E-state index >= 15 is 0 Å². The fourth-order valence-corrected chi connectivity index (χ4v) is 6.33. The number of rotatable bonds is 12. The average Bonchev–Trinajstić information content (AvgIpc) is 3.07. The second-order valence-electron chi connectivity index (χ2n) is 11.9. The number of aliphatic hydroxyl groups excluding tert-OH is 12. The first kappa shape index (κ1) is 39.0. The van der Waals surface area contributed by atoms with Crippen LogP contribution >= 0.6 is 0 Å². The molecule has 20 heteroatoms. The smallest absolute Gasteiger partial charge is 0.187 e. The van der Waals surface area contributed by atoms with Crippen molar-refractivity contribution in [3.8, 4) is 0 Å². The lowest BCUT2D eigenvalue weighted by molar-refractivity contribution is -0.387. The van der Waals surface area contributed by atoms with Crippen molar-refractivity contribution < 1.29 is 99.2 Å². The molecule has 4 heterocycles. The number of hydrogen-bond acceptors (Lipinski definition) is 20. The van der Waals surface area contributed by atoms with E-state index in [2.05, 4.69) is 0 Å². The molecule has 12 N–H and O–H groups in total. The van der Waals surface area contributed by atoms with E-state index in [1.807, 2.05) is 0 Å². The highest BCUT2D eigenvalue weighted by Gasteiger charge is 2.55. The van der Waals surface area contributed by atoms with Gasteiger partial charge in [0.2, 0.25) is 0 Å². The predicted octanol–water partition coefficient (Wildman–Crippen LogP) is -7.43. The topological polar surface area (TPSA) is 317 Å². The van der Waals surface area contributed by atoms with Crippen LogP contribution in [0.1, 0.15) is 13.3 Å². The lowest BCUT2D eigenvalue weighted by Gasteiger charge is -2.49. The minimum absolute atomic E-state index is 0.355. The molecule has 0 amide bonds. The highest BCUT2D eigenvalue weighted by Crippen LogP contribution is 2.35. The maximum atomic E-state index is 11.0. The SMILES string of the molecule is CC[C@@H]1C(CO)O[C@@H](O[C@H]2C(O)C(O)[C@H](O[C@@H]3C(CO)O[C@@H](O[C@H]4C(O)C(O)[C@H](OC)O[C@H]4CO)[C@@H](O)C3O)O[C@H]2CO)[C@@H](O)C1O. The van der Waals surface area contributed by atoms with Gasteiger partial charge in [0, 0.05) is 13.0 Å². The Labute approximate surface area is 269 Å². The Bertz CT molecular complexity index is 942. The zero-order valence-electron chi connectivity index (χ0n) is 25.7. The molecule has 0 aromatic heterocycles. The largest absolute Gasteiger partial charge is 0.394 e. The molecule has 0 bridgehead atoms. The van der Waals surface area contributed by atoms with Crippen molar-refractivity contribution in [1.82, 2.24) is 0 Å². The molecule has 0 aromatic rings. The van der Waals surface area contributed by atoms with Gasteiger partial charge < -0.3 is 99.2 Å². The summed E-state index contributed by atoms with van der Waals surface area (Å²) in [6.45, 7) is -1.20. The van der Waals surface area contributed by atoms with Crippen LogP contribution in [-0.4, -0.2) is 212 Å². The minimum Gasteiger partial charge on any atom is -0.394 e. The maximum Gasteiger partial charge on any atom is 0.187 e. The lowest BCUT2D eigenvalue weighted by atomic mass is 9.87. The third kappa shape index (κ3) is 7.92. The number of aliphatic hydroxyl groups is 12. The van der Waals surface area contributed by atoms with Crippen molar-refractivity contribution in [3.63, 3.8) is 0 Å². The molecule has 0 aliphatic carbocycles. The Morgan fingerprint density at radius 1 is 0.426 bits per heavy atom. The van der Waals surface area contributed by atoms with Gasteiger partial charge in [-0.1, -0.05) is 6.92 Å². The predicted molar refractivity (Wildman–Crippen MR) is 146 cm³/mol. The van der Waals surface area contributed by atoms with Gasteiger partial charge in [0.1, 0.15) is 79.4 Å². The van der Waals surface area contributed by atoms with Gasteiger partial charge in [-0.15, -0.1) is 0 Å². The second kappa shape index (κ2) is 16.9. The van der Waals surface area contributed by atoms with Gasteiger partial charge in [-0.2, -0.15) is 0 Å². The van der Waals surface area contributed by atoms with E-state index in [4.69, 9.17) is 37.9 Å². The number of ether oxygens (including phenoxy) is 8. The first-order valence-electron chi connectivity index (χ1n) is 15.4. The molecule has 8 unspecified atom stereocenters. The first-order valence-corrected chi connectivity index (χ1v) is 15.4. The van der Waals surface area contributed by atoms with Crippen LogP contribution in [0.5, 0.6) is 0 Å². The monoisotopic (exact) mass is 692 g/mol. The zero-order valence-corrected chi connectivity index (χ0v) is 25.7. The first-order chi connectivity index (χ1) is 22.4. The minimum atomic E-state index is -1.96. The molecule has 4 rings (SSSR count). The van der Waals surface area contributed by atoms with E-state index < -0.39 is 149 Å². The Balaban J connectivity index is 1.43. The number of methoxy groups -OCH3 is 1. The summed E-state index contributed by atoms with van der Waals surface area (Å²) in [5.41, 5.74) is 0. The van der Waals surface area contributed by atoms with Crippen LogP contribution in [0, 0.1) is 5.92 Å². The summed E-state index contributed by atoms with van der Waals surface area (Å²) in [6, 6.07) is 0. The molecule has 276 valence electrons. The maximum absolute atomic E-state index is 11.0. The summed E-state index contributed by atoms with van der Waals surface area (Å²) in [7, 11) is 1.20. The quantitative estimate of drug-likeness (QED) is 0.0903. The Hall–Kier alpha value is -0.800. The molecule has 4 fully saturated rings. The molecular formula is C27H48O20. The van der Waals surface area contributed by atoms with E-state index in [-0.39, 0.29) is 0 Å². The van der Waals surface area contributed by atoms with Gasteiger partial charge in [-0.05, 0) is 6.42 Å². The van der Waals surface area contributed by atoms with Crippen LogP contribution in [0.15, 0.2) is 0 Å². The molecule has 4 aliphatic heterocycles. The zero-order chi connectivity index (χ0) is 34.7. The van der Waals surface area contributed by atoms with Crippen molar-refractivity contribution in [2.45, 2.75) is 130 Å². The van der Waals surface area contributed by atoms with Crippen LogP contribution in [0.4, 0.5) is 0 Å². The molecule has 0 aromatic carbocycles. The second-order valence-corrected chi connectivity index (χ2v) is 11.9. The molecule has 0 radical (unpaired) electrons. The van der Waals surface area contributed by atoms with Crippen molar-refractivity contribution >= 4 is 0 Å². The van der Waals surface area contributed by atoms with Crippen LogP contribution in [0.2, 0.25) is 0 Å². The Morgan fingerprint density at radius 2 is 0.723 bits per heavy atom. The lowest BCUT2D eigenvalue weighted by Crippen LogP contribution is -2.67. The fourth-order valence-electron chi connectivity index (χ4n) is 6.33. The summed E-state index contributed by atoms with van der Waals surface area (Å²) in [5, 5.41) is 125. The van der Waals surface area contributed by atoms with Gasteiger partial charge >= 0.3 is 0 Å². The highest BCUT2D eigenvalue weighted by atomic mass is 16.8. The summed E-state index contributed by atoms with van der Waals surface area (Å²) in [6.07, 6.45) is -30.1. The van der Waals surface area contributed by atoms with Crippen LogP contribution in [0.3, 0.4) is 0 Å². The average molecular weight is 693 g/mol. The normalized spacial score (nSPS) is 51.2. The Morgan fingerprint density at radius 3 is 1.04 bits per heavy atom. The van der Waals surface area contributed by atoms with E-state index in [0.29, 0.717) is 6.42 Å². The summed E-state index contributed by atoms with van der Waals surface area (Å²) in [5.74, 6) is -0.630. The van der Waals surface area contributed by atoms with E-state index in [1.54, 1.807) is 6.92 Å². The van der Waals surface area contributed by atoms with Crippen molar-refractivity contribution in [1.29, 1.82) is 0 Å². The summed E-state index contributed by atoms with van der Waals surface area (Å²) >= 11 is 0. The highest BCUT2D eigenvalue weighted by molar-refractivity contribution is 4.97. The van der Waals surface area contributed by atoms with Gasteiger partial charge in [-0.25, -0.2) is 0 Å². The van der Waals surface area contributed by atoms with E-state index in [9.17, 15) is 61.3 Å². The van der Waals surface area contributed by atoms with Gasteiger partial charge in [0.15, 0.2) is 25.2 Å². The van der Waals surface area contributed by atoms with Gasteiger partial charge in [0.05, 0.1) is 38.6 Å². The van der Waals surface area contributed by atoms with Crippen molar-refractivity contribution in [2.75, 3.05) is 33.5 Å². The van der Waals surface area contributed by atoms with Crippen LogP contribution in [-0.2, 0) is 37.9 Å². The third-order valence-corrected chi connectivity index (χ3v) is 9.07. The fraction of sp³-hybridized carbons (Fsp3) is 1.00. The van der Waals surface area contributed by atoms with Crippen LogP contribution < -0.4 is 0 Å². The molecule has 20 nitrogen and oxygen atoms in total. The molecular weight excluding hydrogens is 644 g/mol. The van der Waals surface area contributed by atoms with Crippen molar-refractivity contribution in [2.24, 2.45) is 5.92 Å². The molecule has 47 heavy (non-hydrogen) atoms. The molecule has 20 atom stereocenters. The van der Waals surface area contributed by atoms with Crippen molar-refractivity contribution in [3.05, 3.63) is 0 Å². The molecule has 0 saturated carbocycles. The standard InChI is InChI=1S/C27H48O20/c1-3-8-9(4-28)41-25(17(36)13(8)32)45-22-11(6-30)43-27(19(38)15(22)34)47-23-12(7-31)44-26(20(39)16(23)35)46-21-10(5-29)42-24(40-2)18(37)14(21)33/h8-39H,3-7H2,1-2H3/t8-,9?,10+,11+,12?,13?,14?,15?,16?,17+,18?,19?,20+,21-,22-,23-,24-,25+,26+,27+/m1/s1. The Kier molecular flexibility index (Phi) is 14.1. The third-order valence-electron chi connectivity index (χ3n) is 9.07.